The third-order valence-electron chi connectivity index (χ3n) is 6.03. The lowest BCUT2D eigenvalue weighted by Crippen LogP contribution is -2.26. The lowest BCUT2D eigenvalue weighted by molar-refractivity contribution is -0.287. The Bertz CT molecular complexity index is 1200. The summed E-state index contributed by atoms with van der Waals surface area (Å²) in [5.41, 5.74) is -0.243. The Morgan fingerprint density at radius 2 is 1.24 bits per heavy atom. The van der Waals surface area contributed by atoms with Crippen LogP contribution in [0.15, 0.2) is 36.4 Å². The molecule has 2 aliphatic heterocycles. The van der Waals surface area contributed by atoms with E-state index in [0.29, 0.717) is 18.4 Å². The van der Waals surface area contributed by atoms with Crippen molar-refractivity contribution < 1.29 is 46.4 Å². The molecule has 0 saturated heterocycles. The number of nitriles is 1. The first-order valence-electron chi connectivity index (χ1n) is 9.93. The topological polar surface area (TPSA) is 98.0 Å². The SMILES string of the molecule is N#[14C]C1(c2ccc3c(c2)OC(F)(F)O3)CC1.O=C(O)C1(c2ccc3c(c2)OC(F)(F)O3)CC1. The molecular formula is C22H15F4NO6. The molecule has 2 fully saturated rings. The van der Waals surface area contributed by atoms with E-state index >= 15 is 0 Å². The summed E-state index contributed by atoms with van der Waals surface area (Å²) in [4.78, 5) is 11.1. The van der Waals surface area contributed by atoms with Crippen LogP contribution in [0.4, 0.5) is 17.6 Å². The lowest BCUT2D eigenvalue weighted by atomic mass is 9.96. The fraction of sp³-hybridized carbons (Fsp3) is 0.364. The quantitative estimate of drug-likeness (QED) is 0.654. The molecule has 4 aliphatic rings. The number of carboxylic acid groups (broad SMARTS) is 1. The van der Waals surface area contributed by atoms with Crippen LogP contribution in [0, 0.1) is 11.3 Å². The first kappa shape index (κ1) is 21.2. The molecule has 0 atom stereocenters. The van der Waals surface area contributed by atoms with Crippen molar-refractivity contribution in [1.29, 1.82) is 5.26 Å². The monoisotopic (exact) mass is 467 g/mol. The molecule has 2 saturated carbocycles. The second kappa shape index (κ2) is 6.66. The number of halogens is 4. The zero-order chi connectivity index (χ0) is 23.6. The molecule has 7 nitrogen and oxygen atoms in total. The fourth-order valence-corrected chi connectivity index (χ4v) is 3.83. The predicted octanol–water partition coefficient (Wildman–Crippen LogP) is 4.69. The van der Waals surface area contributed by atoms with Crippen LogP contribution < -0.4 is 18.9 Å². The van der Waals surface area contributed by atoms with E-state index in [2.05, 4.69) is 25.0 Å². The second-order valence-electron chi connectivity index (χ2n) is 8.24. The number of ether oxygens (including phenoxy) is 4. The van der Waals surface area contributed by atoms with E-state index in [0.717, 1.165) is 18.4 Å². The number of benzene rings is 2. The Morgan fingerprint density at radius 3 is 1.67 bits per heavy atom. The molecule has 0 unspecified atom stereocenters. The van der Waals surface area contributed by atoms with Gasteiger partial charge >= 0.3 is 18.6 Å². The maximum absolute atomic E-state index is 12.8. The van der Waals surface area contributed by atoms with E-state index in [-0.39, 0.29) is 23.0 Å². The van der Waals surface area contributed by atoms with Gasteiger partial charge in [-0.1, -0.05) is 12.1 Å². The summed E-state index contributed by atoms with van der Waals surface area (Å²) in [7, 11) is 0. The third kappa shape index (κ3) is 3.65. The van der Waals surface area contributed by atoms with Crippen molar-refractivity contribution in [2.45, 2.75) is 49.1 Å². The molecule has 0 amide bonds. The highest BCUT2D eigenvalue weighted by Gasteiger charge is 2.53. The van der Waals surface area contributed by atoms with Crippen molar-refractivity contribution in [3.8, 4) is 29.1 Å². The maximum atomic E-state index is 12.8. The molecule has 0 spiro atoms. The van der Waals surface area contributed by atoms with Crippen molar-refractivity contribution in [3.63, 3.8) is 0 Å². The van der Waals surface area contributed by atoms with E-state index in [1.807, 2.05) is 0 Å². The van der Waals surface area contributed by atoms with E-state index < -0.39 is 29.4 Å². The van der Waals surface area contributed by atoms with Crippen LogP contribution in [-0.2, 0) is 15.6 Å². The van der Waals surface area contributed by atoms with Gasteiger partial charge in [-0.25, -0.2) is 0 Å². The Labute approximate surface area is 184 Å². The maximum Gasteiger partial charge on any atom is 0.586 e. The van der Waals surface area contributed by atoms with Crippen molar-refractivity contribution in [3.05, 3.63) is 47.5 Å². The molecule has 0 bridgehead atoms. The van der Waals surface area contributed by atoms with Crippen LogP contribution in [0.5, 0.6) is 23.0 Å². The van der Waals surface area contributed by atoms with Crippen molar-refractivity contribution in [2.24, 2.45) is 0 Å². The minimum atomic E-state index is -3.67. The van der Waals surface area contributed by atoms with Crippen LogP contribution >= 0.6 is 0 Å². The first-order chi connectivity index (χ1) is 15.5. The fourth-order valence-electron chi connectivity index (χ4n) is 3.83. The summed E-state index contributed by atoms with van der Waals surface area (Å²) in [5, 5.41) is 18.1. The van der Waals surface area contributed by atoms with Crippen LogP contribution in [0.3, 0.4) is 0 Å². The molecule has 0 aromatic heterocycles. The average molecular weight is 467 g/mol. The molecule has 1 N–H and O–H groups in total. The van der Waals surface area contributed by atoms with Crippen LogP contribution in [0.2, 0.25) is 0 Å². The number of alkyl halides is 4. The van der Waals surface area contributed by atoms with Gasteiger partial charge in [-0.05, 0) is 61.1 Å². The van der Waals surface area contributed by atoms with Gasteiger partial charge in [0.2, 0.25) is 0 Å². The van der Waals surface area contributed by atoms with E-state index in [1.165, 1.54) is 30.3 Å². The molecule has 2 aliphatic carbocycles. The normalized spacial score (nSPS) is 22.4. The predicted molar refractivity (Wildman–Crippen MR) is 100 cm³/mol. The number of fused-ring (bicyclic) bond motifs is 2. The lowest BCUT2D eigenvalue weighted by Gasteiger charge is -2.10. The smallest absolute Gasteiger partial charge is 0.481 e. The third-order valence-corrected chi connectivity index (χ3v) is 6.03. The van der Waals surface area contributed by atoms with E-state index in [4.69, 9.17) is 10.4 Å². The summed E-state index contributed by atoms with van der Waals surface area (Å²) in [6, 6.07) is 10.8. The van der Waals surface area contributed by atoms with E-state index in [9.17, 15) is 22.4 Å². The second-order valence-corrected chi connectivity index (χ2v) is 8.24. The van der Waals surface area contributed by atoms with Gasteiger partial charge in [-0.15, -0.1) is 17.6 Å². The highest BCUT2D eigenvalue weighted by molar-refractivity contribution is 5.85. The van der Waals surface area contributed by atoms with Crippen LogP contribution in [-0.4, -0.2) is 23.7 Å². The van der Waals surface area contributed by atoms with Gasteiger partial charge in [-0.3, -0.25) is 4.79 Å². The van der Waals surface area contributed by atoms with Gasteiger partial charge in [0.25, 0.3) is 0 Å². The highest BCUT2D eigenvalue weighted by Crippen LogP contribution is 2.52. The zero-order valence-electron chi connectivity index (χ0n) is 16.7. The average Bonchev–Trinajstić information content (AvgIpc) is 3.64. The molecule has 2 aromatic rings. The minimum Gasteiger partial charge on any atom is -0.481 e. The van der Waals surface area contributed by atoms with Crippen molar-refractivity contribution in [2.75, 3.05) is 0 Å². The highest BCUT2D eigenvalue weighted by atomic mass is 19.3. The Morgan fingerprint density at radius 1 is 0.788 bits per heavy atom. The molecule has 11 heteroatoms. The van der Waals surface area contributed by atoms with Gasteiger partial charge in [0.15, 0.2) is 23.0 Å². The number of nitrogens with zero attached hydrogens (tertiary/aromatic N) is 1. The van der Waals surface area contributed by atoms with Crippen molar-refractivity contribution in [1.82, 2.24) is 0 Å². The Balaban J connectivity index is 0.000000139. The largest absolute Gasteiger partial charge is 0.586 e. The number of carbonyl (C=O) groups is 1. The molecule has 2 heterocycles. The molecule has 6 rings (SSSR count). The first-order valence-corrected chi connectivity index (χ1v) is 9.93. The Kier molecular flexibility index (Phi) is 4.28. The zero-order valence-corrected chi connectivity index (χ0v) is 16.7. The number of aliphatic carboxylic acids is 1. The van der Waals surface area contributed by atoms with Gasteiger partial charge in [0.1, 0.15) is 0 Å². The summed E-state index contributed by atoms with van der Waals surface area (Å²) in [6.45, 7) is 0. The summed E-state index contributed by atoms with van der Waals surface area (Å²) in [5.74, 6) is -1.10. The van der Waals surface area contributed by atoms with Gasteiger partial charge < -0.3 is 24.1 Å². The number of hydrogen-bond acceptors (Lipinski definition) is 6. The number of hydrogen-bond donors (Lipinski definition) is 1. The van der Waals surface area contributed by atoms with Crippen LogP contribution in [0.25, 0.3) is 0 Å². The van der Waals surface area contributed by atoms with E-state index in [1.54, 1.807) is 6.07 Å². The standard InChI is InChI=1S/C11H7F2NO2.C11H8F2O4/c12-11(13)15-8-2-1-7(5-9(8)16-11)10(6-14)3-4-10;12-11(13)16-7-2-1-6(5-8(7)17-11)10(3-4-10)9(14)15/h1-2,5H,3-4H2;1-2,5H,3-4H2,(H,14,15)/i6+2;. The molecule has 2 aromatic carbocycles. The minimum absolute atomic E-state index is 0.00373. The molecule has 172 valence electrons. The summed E-state index contributed by atoms with van der Waals surface area (Å²) < 4.78 is 68.2. The number of rotatable bonds is 3. The van der Waals surface area contributed by atoms with Gasteiger partial charge in [-0.2, -0.15) is 5.26 Å². The van der Waals surface area contributed by atoms with Gasteiger partial charge in [0, 0.05) is 0 Å². The molecular weight excluding hydrogens is 452 g/mol. The van der Waals surface area contributed by atoms with Gasteiger partial charge in [0.05, 0.1) is 16.9 Å². The molecule has 0 radical (unpaired) electrons. The summed E-state index contributed by atoms with van der Waals surface area (Å²) >= 11 is 0. The Hall–Kier alpha value is -3.68. The van der Waals surface area contributed by atoms with Crippen molar-refractivity contribution >= 4 is 5.97 Å². The summed E-state index contributed by atoms with van der Waals surface area (Å²) in [6.07, 6.45) is -4.71. The molecule has 33 heavy (non-hydrogen) atoms. The number of carboxylic acids is 1. The van der Waals surface area contributed by atoms with Crippen LogP contribution in [0.1, 0.15) is 36.8 Å².